The van der Waals surface area contributed by atoms with E-state index in [1.165, 1.54) is 0 Å². The molecule has 0 heterocycles. The second kappa shape index (κ2) is 6.81. The van der Waals surface area contributed by atoms with Crippen LogP contribution in [-0.4, -0.2) is 0 Å². The van der Waals surface area contributed by atoms with Crippen molar-refractivity contribution in [1.29, 1.82) is 5.26 Å². The summed E-state index contributed by atoms with van der Waals surface area (Å²) in [6, 6.07) is 9.55. The zero-order valence-electron chi connectivity index (χ0n) is 9.02. The SMILES string of the molecule is C\C=C/C=C(Br)\C=C\c1ccc(C#N)cc1. The van der Waals surface area contributed by atoms with E-state index in [2.05, 4.69) is 22.0 Å². The molecule has 0 aliphatic heterocycles. The first-order chi connectivity index (χ1) is 7.76. The summed E-state index contributed by atoms with van der Waals surface area (Å²) in [5.74, 6) is 0. The summed E-state index contributed by atoms with van der Waals surface area (Å²) < 4.78 is 1.01. The number of rotatable bonds is 3. The molecule has 0 saturated heterocycles. The van der Waals surface area contributed by atoms with Gasteiger partial charge in [-0.15, -0.1) is 0 Å². The highest BCUT2D eigenvalue weighted by atomic mass is 79.9. The van der Waals surface area contributed by atoms with Crippen LogP contribution in [0.3, 0.4) is 0 Å². The van der Waals surface area contributed by atoms with E-state index in [0.717, 1.165) is 10.0 Å². The third-order valence-corrected chi connectivity index (χ3v) is 2.45. The molecule has 0 aliphatic carbocycles. The topological polar surface area (TPSA) is 23.8 Å². The van der Waals surface area contributed by atoms with Gasteiger partial charge in [0.05, 0.1) is 11.6 Å². The van der Waals surface area contributed by atoms with E-state index >= 15 is 0 Å². The van der Waals surface area contributed by atoms with Crippen LogP contribution in [-0.2, 0) is 0 Å². The number of allylic oxidation sites excluding steroid dienone is 5. The Morgan fingerprint density at radius 1 is 1.31 bits per heavy atom. The van der Waals surface area contributed by atoms with Gasteiger partial charge in [-0.3, -0.25) is 0 Å². The molecule has 0 fully saturated rings. The zero-order chi connectivity index (χ0) is 11.8. The molecule has 16 heavy (non-hydrogen) atoms. The van der Waals surface area contributed by atoms with Crippen molar-refractivity contribution in [3.63, 3.8) is 0 Å². The summed E-state index contributed by atoms with van der Waals surface area (Å²) in [5, 5.41) is 8.65. The highest BCUT2D eigenvalue weighted by molar-refractivity contribution is 9.11. The van der Waals surface area contributed by atoms with E-state index in [1.54, 1.807) is 0 Å². The molecule has 1 nitrogen and oxygen atoms in total. The van der Waals surface area contributed by atoms with Crippen molar-refractivity contribution in [2.24, 2.45) is 0 Å². The van der Waals surface area contributed by atoms with Gasteiger partial charge in [0.15, 0.2) is 0 Å². The maximum atomic E-state index is 8.65. The van der Waals surface area contributed by atoms with Crippen molar-refractivity contribution in [2.75, 3.05) is 0 Å². The van der Waals surface area contributed by atoms with Crippen LogP contribution in [0, 0.1) is 11.3 Å². The lowest BCUT2D eigenvalue weighted by Gasteiger charge is -1.93. The second-order valence-corrected chi connectivity index (χ2v) is 4.06. The predicted molar refractivity (Wildman–Crippen MR) is 72.0 cm³/mol. The lowest BCUT2D eigenvalue weighted by atomic mass is 10.1. The largest absolute Gasteiger partial charge is 0.192 e. The summed E-state index contributed by atoms with van der Waals surface area (Å²) in [4.78, 5) is 0. The van der Waals surface area contributed by atoms with Crippen molar-refractivity contribution < 1.29 is 0 Å². The lowest BCUT2D eigenvalue weighted by molar-refractivity contribution is 1.48. The fraction of sp³-hybridized carbons (Fsp3) is 0.0714. The molecule has 0 amide bonds. The Morgan fingerprint density at radius 2 is 2.00 bits per heavy atom. The number of halogens is 1. The molecule has 0 atom stereocenters. The first-order valence-corrected chi connectivity index (χ1v) is 5.72. The molecular formula is C14H12BrN. The molecule has 0 aromatic heterocycles. The normalized spacial score (nSPS) is 12.2. The fourth-order valence-corrected chi connectivity index (χ4v) is 1.37. The predicted octanol–water partition coefficient (Wildman–Crippen LogP) is 4.43. The van der Waals surface area contributed by atoms with Crippen LogP contribution in [0.2, 0.25) is 0 Å². The molecule has 80 valence electrons. The maximum Gasteiger partial charge on any atom is 0.0991 e. The first-order valence-electron chi connectivity index (χ1n) is 4.93. The smallest absolute Gasteiger partial charge is 0.0991 e. The summed E-state index contributed by atoms with van der Waals surface area (Å²) in [5.41, 5.74) is 1.76. The van der Waals surface area contributed by atoms with Gasteiger partial charge >= 0.3 is 0 Å². The Kier molecular flexibility index (Phi) is 5.31. The molecule has 0 bridgehead atoms. The monoisotopic (exact) mass is 273 g/mol. The van der Waals surface area contributed by atoms with Crippen molar-refractivity contribution in [1.82, 2.24) is 0 Å². The van der Waals surface area contributed by atoms with Crippen LogP contribution in [0.5, 0.6) is 0 Å². The standard InChI is InChI=1S/C14H12BrN/c1-2-3-4-14(15)10-9-12-5-7-13(11-16)8-6-12/h2-10H,1H3/b3-2-,10-9+,14-4+. The van der Waals surface area contributed by atoms with Gasteiger partial charge < -0.3 is 0 Å². The summed E-state index contributed by atoms with van der Waals surface area (Å²) in [6.45, 7) is 1.97. The molecule has 0 unspecified atom stereocenters. The molecule has 0 saturated carbocycles. The van der Waals surface area contributed by atoms with E-state index in [-0.39, 0.29) is 0 Å². The highest BCUT2D eigenvalue weighted by Gasteiger charge is 1.89. The molecule has 2 heteroatoms. The highest BCUT2D eigenvalue weighted by Crippen LogP contribution is 2.11. The molecule has 0 radical (unpaired) electrons. The number of nitriles is 1. The van der Waals surface area contributed by atoms with Crippen molar-refractivity contribution >= 4 is 22.0 Å². The first kappa shape index (κ1) is 12.5. The maximum absolute atomic E-state index is 8.65. The van der Waals surface area contributed by atoms with Gasteiger partial charge in [0.25, 0.3) is 0 Å². The van der Waals surface area contributed by atoms with Crippen LogP contribution >= 0.6 is 15.9 Å². The van der Waals surface area contributed by atoms with Crippen molar-refractivity contribution in [3.05, 3.63) is 64.2 Å². The second-order valence-electron chi connectivity index (χ2n) is 3.14. The molecule has 1 aromatic carbocycles. The van der Waals surface area contributed by atoms with Gasteiger partial charge in [-0.25, -0.2) is 0 Å². The summed E-state index contributed by atoms with van der Waals surface area (Å²) >= 11 is 3.44. The van der Waals surface area contributed by atoms with Gasteiger partial charge in [-0.2, -0.15) is 5.26 Å². The average molecular weight is 274 g/mol. The Hall–Kier alpha value is -1.59. The van der Waals surface area contributed by atoms with E-state index < -0.39 is 0 Å². The molecular weight excluding hydrogens is 262 g/mol. The Bertz CT molecular complexity index is 459. The van der Waals surface area contributed by atoms with Crippen LogP contribution < -0.4 is 0 Å². The van der Waals surface area contributed by atoms with Crippen LogP contribution in [0.1, 0.15) is 18.1 Å². The molecule has 1 rings (SSSR count). The van der Waals surface area contributed by atoms with E-state index in [9.17, 15) is 0 Å². The fourth-order valence-electron chi connectivity index (χ4n) is 1.09. The van der Waals surface area contributed by atoms with E-state index in [0.29, 0.717) is 5.56 Å². The van der Waals surface area contributed by atoms with Gasteiger partial charge in [0.2, 0.25) is 0 Å². The Morgan fingerprint density at radius 3 is 2.56 bits per heavy atom. The van der Waals surface area contributed by atoms with Crippen molar-refractivity contribution in [3.8, 4) is 6.07 Å². The lowest BCUT2D eigenvalue weighted by Crippen LogP contribution is -1.74. The Balaban J connectivity index is 2.73. The van der Waals surface area contributed by atoms with Gasteiger partial charge in [0.1, 0.15) is 0 Å². The summed E-state index contributed by atoms with van der Waals surface area (Å²) in [6.07, 6.45) is 9.87. The van der Waals surface area contributed by atoms with Crippen LogP contribution in [0.25, 0.3) is 6.08 Å². The number of hydrogen-bond donors (Lipinski definition) is 0. The number of hydrogen-bond acceptors (Lipinski definition) is 1. The van der Waals surface area contributed by atoms with E-state index in [1.807, 2.05) is 61.6 Å². The Labute approximate surface area is 105 Å². The summed E-state index contributed by atoms with van der Waals surface area (Å²) in [7, 11) is 0. The zero-order valence-corrected chi connectivity index (χ0v) is 10.6. The number of benzene rings is 1. The minimum atomic E-state index is 0.681. The minimum Gasteiger partial charge on any atom is -0.192 e. The molecule has 0 aliphatic rings. The van der Waals surface area contributed by atoms with Gasteiger partial charge in [0, 0.05) is 4.48 Å². The molecule has 0 N–H and O–H groups in total. The van der Waals surface area contributed by atoms with Crippen LogP contribution in [0.4, 0.5) is 0 Å². The minimum absolute atomic E-state index is 0.681. The third-order valence-electron chi connectivity index (χ3n) is 1.92. The quantitative estimate of drug-likeness (QED) is 0.748. The molecule has 1 aromatic rings. The van der Waals surface area contributed by atoms with Gasteiger partial charge in [-0.05, 0) is 36.8 Å². The molecule has 0 spiro atoms. The number of nitrogens with zero attached hydrogens (tertiary/aromatic N) is 1. The average Bonchev–Trinajstić information content (AvgIpc) is 2.34. The van der Waals surface area contributed by atoms with E-state index in [4.69, 9.17) is 5.26 Å². The van der Waals surface area contributed by atoms with Crippen LogP contribution in [0.15, 0.2) is 53.1 Å². The third kappa shape index (κ3) is 4.29. The van der Waals surface area contributed by atoms with Gasteiger partial charge in [-0.1, -0.05) is 46.3 Å². The van der Waals surface area contributed by atoms with Crippen molar-refractivity contribution in [2.45, 2.75) is 6.92 Å².